The van der Waals surface area contributed by atoms with Crippen LogP contribution in [0.1, 0.15) is 18.2 Å². The highest BCUT2D eigenvalue weighted by atomic mass is 35.5. The standard InChI is InChI=1S/C15H17ClN2O/c1-2-17-13-7-8-18-14(9-13)11-19-10-12-5-3-4-6-15(12)16/h3-9H,2,10-11H2,1H3,(H,17,18). The first-order valence-electron chi connectivity index (χ1n) is 6.29. The van der Waals surface area contributed by atoms with Crippen molar-refractivity contribution in [3.8, 4) is 0 Å². The summed E-state index contributed by atoms with van der Waals surface area (Å²) in [6, 6.07) is 11.6. The fourth-order valence-electron chi connectivity index (χ4n) is 1.75. The third-order valence-corrected chi connectivity index (χ3v) is 3.03. The summed E-state index contributed by atoms with van der Waals surface area (Å²) < 4.78 is 5.64. The lowest BCUT2D eigenvalue weighted by Crippen LogP contribution is -2.00. The zero-order valence-corrected chi connectivity index (χ0v) is 11.7. The number of hydrogen-bond donors (Lipinski definition) is 1. The monoisotopic (exact) mass is 276 g/mol. The Morgan fingerprint density at radius 3 is 2.84 bits per heavy atom. The molecule has 2 aromatic rings. The number of halogens is 1. The number of nitrogens with one attached hydrogen (secondary N) is 1. The van der Waals surface area contributed by atoms with Gasteiger partial charge >= 0.3 is 0 Å². The van der Waals surface area contributed by atoms with Crippen LogP contribution in [-0.2, 0) is 18.0 Å². The molecular formula is C15H17ClN2O. The molecule has 0 atom stereocenters. The second-order valence-corrected chi connectivity index (χ2v) is 4.56. The minimum atomic E-state index is 0.477. The molecule has 3 nitrogen and oxygen atoms in total. The van der Waals surface area contributed by atoms with Crippen LogP contribution in [0.15, 0.2) is 42.6 Å². The number of hydrogen-bond acceptors (Lipinski definition) is 3. The van der Waals surface area contributed by atoms with E-state index in [0.29, 0.717) is 13.2 Å². The first-order valence-corrected chi connectivity index (χ1v) is 6.67. The molecule has 0 aliphatic rings. The van der Waals surface area contributed by atoms with Gasteiger partial charge in [-0.15, -0.1) is 0 Å². The van der Waals surface area contributed by atoms with Crippen LogP contribution in [0, 0.1) is 0 Å². The Morgan fingerprint density at radius 2 is 2.05 bits per heavy atom. The number of aromatic nitrogens is 1. The van der Waals surface area contributed by atoms with Gasteiger partial charge in [0, 0.05) is 23.5 Å². The van der Waals surface area contributed by atoms with Crippen LogP contribution < -0.4 is 5.32 Å². The number of pyridine rings is 1. The fourth-order valence-corrected chi connectivity index (χ4v) is 1.94. The van der Waals surface area contributed by atoms with E-state index < -0.39 is 0 Å². The van der Waals surface area contributed by atoms with Crippen molar-refractivity contribution in [2.75, 3.05) is 11.9 Å². The number of nitrogens with zero attached hydrogens (tertiary/aromatic N) is 1. The summed E-state index contributed by atoms with van der Waals surface area (Å²) >= 11 is 6.07. The van der Waals surface area contributed by atoms with Gasteiger partial charge in [-0.1, -0.05) is 29.8 Å². The molecule has 19 heavy (non-hydrogen) atoms. The van der Waals surface area contributed by atoms with Crippen molar-refractivity contribution in [2.24, 2.45) is 0 Å². The predicted octanol–water partition coefficient (Wildman–Crippen LogP) is 3.88. The third-order valence-electron chi connectivity index (χ3n) is 2.66. The van der Waals surface area contributed by atoms with Gasteiger partial charge in [-0.05, 0) is 30.7 Å². The summed E-state index contributed by atoms with van der Waals surface area (Å²) in [4.78, 5) is 4.28. The predicted molar refractivity (Wildman–Crippen MR) is 78.3 cm³/mol. The highest BCUT2D eigenvalue weighted by Gasteiger charge is 2.01. The summed E-state index contributed by atoms with van der Waals surface area (Å²) in [5, 5.41) is 3.98. The molecule has 0 radical (unpaired) electrons. The number of ether oxygens (including phenoxy) is 1. The molecule has 0 saturated carbocycles. The Balaban J connectivity index is 1.89. The molecule has 2 rings (SSSR count). The smallest absolute Gasteiger partial charge is 0.0893 e. The van der Waals surface area contributed by atoms with Gasteiger partial charge in [0.05, 0.1) is 18.9 Å². The molecule has 100 valence electrons. The van der Waals surface area contributed by atoms with E-state index in [0.717, 1.165) is 28.5 Å². The normalized spacial score (nSPS) is 10.4. The lowest BCUT2D eigenvalue weighted by molar-refractivity contribution is 0.104. The van der Waals surface area contributed by atoms with E-state index in [4.69, 9.17) is 16.3 Å². The highest BCUT2D eigenvalue weighted by Crippen LogP contribution is 2.16. The van der Waals surface area contributed by atoms with Crippen molar-refractivity contribution in [1.82, 2.24) is 4.98 Å². The number of rotatable bonds is 6. The Morgan fingerprint density at radius 1 is 1.21 bits per heavy atom. The van der Waals surface area contributed by atoms with E-state index in [-0.39, 0.29) is 0 Å². The number of anilines is 1. The van der Waals surface area contributed by atoms with Crippen LogP contribution in [0.5, 0.6) is 0 Å². The molecule has 1 heterocycles. The largest absolute Gasteiger partial charge is 0.385 e. The van der Waals surface area contributed by atoms with Crippen molar-refractivity contribution >= 4 is 17.3 Å². The molecule has 1 N–H and O–H groups in total. The second-order valence-electron chi connectivity index (χ2n) is 4.15. The molecule has 0 aliphatic heterocycles. The average molecular weight is 277 g/mol. The lowest BCUT2D eigenvalue weighted by atomic mass is 10.2. The zero-order valence-electron chi connectivity index (χ0n) is 10.9. The number of benzene rings is 1. The van der Waals surface area contributed by atoms with E-state index in [1.165, 1.54) is 0 Å². The topological polar surface area (TPSA) is 34.2 Å². The van der Waals surface area contributed by atoms with Gasteiger partial charge in [0.2, 0.25) is 0 Å². The molecule has 4 heteroatoms. The Bertz CT molecular complexity index is 531. The molecule has 0 unspecified atom stereocenters. The van der Waals surface area contributed by atoms with E-state index >= 15 is 0 Å². The minimum Gasteiger partial charge on any atom is -0.385 e. The van der Waals surface area contributed by atoms with Gasteiger partial charge in [-0.25, -0.2) is 0 Å². The highest BCUT2D eigenvalue weighted by molar-refractivity contribution is 6.31. The van der Waals surface area contributed by atoms with E-state index in [1.54, 1.807) is 6.20 Å². The van der Waals surface area contributed by atoms with E-state index in [9.17, 15) is 0 Å². The summed E-state index contributed by atoms with van der Waals surface area (Å²) in [6.07, 6.45) is 1.78. The zero-order chi connectivity index (χ0) is 13.5. The molecule has 0 saturated heterocycles. The van der Waals surface area contributed by atoms with E-state index in [2.05, 4.69) is 17.2 Å². The van der Waals surface area contributed by atoms with Crippen molar-refractivity contribution in [3.05, 3.63) is 58.9 Å². The molecule has 1 aromatic heterocycles. The molecule has 0 spiro atoms. The van der Waals surface area contributed by atoms with Crippen LogP contribution >= 0.6 is 11.6 Å². The van der Waals surface area contributed by atoms with Gasteiger partial charge in [0.25, 0.3) is 0 Å². The van der Waals surface area contributed by atoms with Gasteiger partial charge in [-0.2, -0.15) is 0 Å². The first-order chi connectivity index (χ1) is 9.29. The van der Waals surface area contributed by atoms with Crippen LogP contribution in [0.2, 0.25) is 5.02 Å². The molecule has 0 amide bonds. The van der Waals surface area contributed by atoms with Gasteiger partial charge in [0.15, 0.2) is 0 Å². The Kier molecular flexibility index (Phi) is 5.19. The van der Waals surface area contributed by atoms with Gasteiger partial charge in [0.1, 0.15) is 0 Å². The van der Waals surface area contributed by atoms with Crippen LogP contribution in [0.3, 0.4) is 0 Å². The Labute approximate surface area is 118 Å². The van der Waals surface area contributed by atoms with Crippen LogP contribution in [-0.4, -0.2) is 11.5 Å². The van der Waals surface area contributed by atoms with Crippen molar-refractivity contribution in [3.63, 3.8) is 0 Å². The summed E-state index contributed by atoms with van der Waals surface area (Å²) in [5.74, 6) is 0. The third kappa shape index (κ3) is 4.23. The van der Waals surface area contributed by atoms with Crippen molar-refractivity contribution < 1.29 is 4.74 Å². The fraction of sp³-hybridized carbons (Fsp3) is 0.267. The Hall–Kier alpha value is -1.58. The maximum Gasteiger partial charge on any atom is 0.0893 e. The maximum absolute atomic E-state index is 6.07. The molecule has 1 aromatic carbocycles. The first kappa shape index (κ1) is 13.8. The summed E-state index contributed by atoms with van der Waals surface area (Å²) in [6.45, 7) is 3.93. The van der Waals surface area contributed by atoms with Crippen LogP contribution in [0.4, 0.5) is 5.69 Å². The van der Waals surface area contributed by atoms with Crippen molar-refractivity contribution in [2.45, 2.75) is 20.1 Å². The van der Waals surface area contributed by atoms with Gasteiger partial charge < -0.3 is 10.1 Å². The van der Waals surface area contributed by atoms with Crippen molar-refractivity contribution in [1.29, 1.82) is 0 Å². The molecule has 0 fully saturated rings. The maximum atomic E-state index is 6.07. The van der Waals surface area contributed by atoms with Gasteiger partial charge in [-0.3, -0.25) is 4.98 Å². The van der Waals surface area contributed by atoms with E-state index in [1.807, 2.05) is 36.4 Å². The lowest BCUT2D eigenvalue weighted by Gasteiger charge is -2.07. The molecule has 0 bridgehead atoms. The molecule has 0 aliphatic carbocycles. The molecular weight excluding hydrogens is 260 g/mol. The summed E-state index contributed by atoms with van der Waals surface area (Å²) in [5.41, 5.74) is 2.96. The SMILES string of the molecule is CCNc1ccnc(COCc2ccccc2Cl)c1. The quantitative estimate of drug-likeness (QED) is 0.869. The second kappa shape index (κ2) is 7.12. The minimum absolute atomic E-state index is 0.477. The van der Waals surface area contributed by atoms with Crippen LogP contribution in [0.25, 0.3) is 0 Å². The summed E-state index contributed by atoms with van der Waals surface area (Å²) in [7, 11) is 0. The average Bonchev–Trinajstić information content (AvgIpc) is 2.42.